The Morgan fingerprint density at radius 3 is 2.30 bits per heavy atom. The standard InChI is InChI=1S/C19H25N/c1-4-5-9-16-11-13-17(14-12-16)19(20-3)18-10-7-6-8-15(18)2/h6-8,10-14,19-20H,4-5,9H2,1-3H3. The van der Waals surface area contributed by atoms with E-state index >= 15 is 0 Å². The summed E-state index contributed by atoms with van der Waals surface area (Å²) in [4.78, 5) is 0. The van der Waals surface area contributed by atoms with Crippen LogP contribution in [0.2, 0.25) is 0 Å². The van der Waals surface area contributed by atoms with Gasteiger partial charge in [0.1, 0.15) is 0 Å². The number of unbranched alkanes of at least 4 members (excludes halogenated alkanes) is 1. The summed E-state index contributed by atoms with van der Waals surface area (Å²) in [6.45, 7) is 4.42. The molecule has 1 heteroatoms. The van der Waals surface area contributed by atoms with Gasteiger partial charge in [-0.05, 0) is 49.1 Å². The first kappa shape index (κ1) is 14.8. The highest BCUT2D eigenvalue weighted by Gasteiger charge is 2.13. The van der Waals surface area contributed by atoms with Crippen LogP contribution in [0.3, 0.4) is 0 Å². The number of hydrogen-bond donors (Lipinski definition) is 1. The summed E-state index contributed by atoms with van der Waals surface area (Å²) in [7, 11) is 2.03. The van der Waals surface area contributed by atoms with E-state index < -0.39 is 0 Å². The first-order valence-electron chi connectivity index (χ1n) is 7.58. The van der Waals surface area contributed by atoms with Crippen molar-refractivity contribution < 1.29 is 0 Å². The van der Waals surface area contributed by atoms with Gasteiger partial charge in [0.15, 0.2) is 0 Å². The molecule has 0 heterocycles. The van der Waals surface area contributed by atoms with Crippen LogP contribution in [0.25, 0.3) is 0 Å². The SMILES string of the molecule is CCCCc1ccc(C(NC)c2ccccc2C)cc1. The topological polar surface area (TPSA) is 12.0 Å². The maximum atomic E-state index is 3.44. The van der Waals surface area contributed by atoms with Crippen molar-refractivity contribution in [3.05, 3.63) is 70.8 Å². The Morgan fingerprint density at radius 1 is 1.00 bits per heavy atom. The van der Waals surface area contributed by atoms with E-state index in [1.165, 1.54) is 41.5 Å². The van der Waals surface area contributed by atoms with Crippen molar-refractivity contribution in [3.63, 3.8) is 0 Å². The van der Waals surface area contributed by atoms with Crippen molar-refractivity contribution in [2.45, 2.75) is 39.2 Å². The highest BCUT2D eigenvalue weighted by atomic mass is 14.9. The summed E-state index contributed by atoms with van der Waals surface area (Å²) in [5.74, 6) is 0. The van der Waals surface area contributed by atoms with Gasteiger partial charge in [0, 0.05) is 0 Å². The lowest BCUT2D eigenvalue weighted by molar-refractivity contribution is 0.687. The second-order valence-corrected chi connectivity index (χ2v) is 5.42. The molecule has 0 radical (unpaired) electrons. The molecule has 106 valence electrons. The van der Waals surface area contributed by atoms with Crippen LogP contribution in [0, 0.1) is 6.92 Å². The third-order valence-electron chi connectivity index (χ3n) is 3.92. The second-order valence-electron chi connectivity index (χ2n) is 5.42. The van der Waals surface area contributed by atoms with E-state index in [9.17, 15) is 0 Å². The van der Waals surface area contributed by atoms with Crippen LogP contribution in [-0.4, -0.2) is 7.05 Å². The van der Waals surface area contributed by atoms with Crippen LogP contribution in [0.5, 0.6) is 0 Å². The molecule has 2 aromatic carbocycles. The van der Waals surface area contributed by atoms with Crippen LogP contribution < -0.4 is 5.32 Å². The average molecular weight is 267 g/mol. The Morgan fingerprint density at radius 2 is 1.70 bits per heavy atom. The first-order valence-corrected chi connectivity index (χ1v) is 7.58. The Labute approximate surface area is 123 Å². The molecule has 0 aliphatic carbocycles. The lowest BCUT2D eigenvalue weighted by Gasteiger charge is -2.19. The Bertz CT molecular complexity index is 528. The summed E-state index contributed by atoms with van der Waals surface area (Å²) in [5, 5.41) is 3.44. The van der Waals surface area contributed by atoms with Crippen molar-refractivity contribution in [1.29, 1.82) is 0 Å². The molecule has 0 spiro atoms. The fraction of sp³-hybridized carbons (Fsp3) is 0.368. The van der Waals surface area contributed by atoms with Gasteiger partial charge in [-0.3, -0.25) is 0 Å². The summed E-state index contributed by atoms with van der Waals surface area (Å²) in [5.41, 5.74) is 5.47. The zero-order valence-corrected chi connectivity index (χ0v) is 12.8. The number of hydrogen-bond acceptors (Lipinski definition) is 1. The largest absolute Gasteiger partial charge is 0.309 e. The number of benzene rings is 2. The Balaban J connectivity index is 2.22. The average Bonchev–Trinajstić information content (AvgIpc) is 2.49. The van der Waals surface area contributed by atoms with E-state index in [1.807, 2.05) is 7.05 Å². The van der Waals surface area contributed by atoms with Gasteiger partial charge in [-0.2, -0.15) is 0 Å². The highest BCUT2D eigenvalue weighted by Crippen LogP contribution is 2.25. The van der Waals surface area contributed by atoms with E-state index in [-0.39, 0.29) is 6.04 Å². The molecule has 20 heavy (non-hydrogen) atoms. The minimum Gasteiger partial charge on any atom is -0.309 e. The quantitative estimate of drug-likeness (QED) is 0.803. The summed E-state index contributed by atoms with van der Waals surface area (Å²) in [6, 6.07) is 17.9. The fourth-order valence-electron chi connectivity index (χ4n) is 2.67. The minimum absolute atomic E-state index is 0.274. The third kappa shape index (κ3) is 3.49. The zero-order valence-electron chi connectivity index (χ0n) is 12.8. The van der Waals surface area contributed by atoms with Gasteiger partial charge in [-0.1, -0.05) is 61.9 Å². The maximum Gasteiger partial charge on any atom is 0.0576 e. The number of aryl methyl sites for hydroxylation is 2. The van der Waals surface area contributed by atoms with E-state index in [4.69, 9.17) is 0 Å². The molecule has 2 aromatic rings. The van der Waals surface area contributed by atoms with E-state index in [1.54, 1.807) is 0 Å². The van der Waals surface area contributed by atoms with Crippen LogP contribution in [0.1, 0.15) is 48.1 Å². The molecule has 0 saturated carbocycles. The van der Waals surface area contributed by atoms with E-state index in [0.717, 1.165) is 0 Å². The predicted octanol–water partition coefficient (Wildman–Crippen LogP) is 4.65. The summed E-state index contributed by atoms with van der Waals surface area (Å²) in [6.07, 6.45) is 3.71. The van der Waals surface area contributed by atoms with Gasteiger partial charge >= 0.3 is 0 Å². The van der Waals surface area contributed by atoms with Crippen molar-refractivity contribution in [2.75, 3.05) is 7.05 Å². The molecule has 0 fully saturated rings. The lowest BCUT2D eigenvalue weighted by atomic mass is 9.94. The monoisotopic (exact) mass is 267 g/mol. The Kier molecular flexibility index (Phi) is 5.37. The number of nitrogens with one attached hydrogen (secondary N) is 1. The molecule has 1 atom stereocenters. The highest BCUT2D eigenvalue weighted by molar-refractivity contribution is 5.37. The van der Waals surface area contributed by atoms with E-state index in [2.05, 4.69) is 67.7 Å². The van der Waals surface area contributed by atoms with Crippen LogP contribution >= 0.6 is 0 Å². The maximum absolute atomic E-state index is 3.44. The van der Waals surface area contributed by atoms with Crippen LogP contribution in [0.4, 0.5) is 0 Å². The molecule has 1 nitrogen and oxygen atoms in total. The molecule has 0 bridgehead atoms. The number of rotatable bonds is 6. The van der Waals surface area contributed by atoms with Gasteiger partial charge in [0.05, 0.1) is 6.04 Å². The van der Waals surface area contributed by atoms with Gasteiger partial charge in [-0.25, -0.2) is 0 Å². The predicted molar refractivity (Wildman–Crippen MR) is 87.1 cm³/mol. The second kappa shape index (κ2) is 7.25. The lowest BCUT2D eigenvalue weighted by Crippen LogP contribution is -2.18. The molecule has 0 saturated heterocycles. The van der Waals surface area contributed by atoms with Crippen molar-refractivity contribution in [1.82, 2.24) is 5.32 Å². The zero-order chi connectivity index (χ0) is 14.4. The van der Waals surface area contributed by atoms with Crippen LogP contribution in [0.15, 0.2) is 48.5 Å². The van der Waals surface area contributed by atoms with E-state index in [0.29, 0.717) is 0 Å². The molecule has 0 amide bonds. The molecule has 1 N–H and O–H groups in total. The third-order valence-corrected chi connectivity index (χ3v) is 3.92. The van der Waals surface area contributed by atoms with Gasteiger partial charge < -0.3 is 5.32 Å². The van der Waals surface area contributed by atoms with Gasteiger partial charge in [-0.15, -0.1) is 0 Å². The van der Waals surface area contributed by atoms with Gasteiger partial charge in [0.25, 0.3) is 0 Å². The first-order chi connectivity index (χ1) is 9.76. The summed E-state index contributed by atoms with van der Waals surface area (Å²) < 4.78 is 0. The smallest absolute Gasteiger partial charge is 0.0576 e. The van der Waals surface area contributed by atoms with Crippen LogP contribution in [-0.2, 0) is 6.42 Å². The van der Waals surface area contributed by atoms with Crippen molar-refractivity contribution >= 4 is 0 Å². The molecule has 0 aliphatic rings. The summed E-state index contributed by atoms with van der Waals surface area (Å²) >= 11 is 0. The normalized spacial score (nSPS) is 12.3. The molecule has 0 aromatic heterocycles. The molecule has 0 aliphatic heterocycles. The molecule has 2 rings (SSSR count). The minimum atomic E-state index is 0.274. The van der Waals surface area contributed by atoms with Gasteiger partial charge in [0.2, 0.25) is 0 Å². The molecular weight excluding hydrogens is 242 g/mol. The van der Waals surface area contributed by atoms with Crippen molar-refractivity contribution in [3.8, 4) is 0 Å². The fourth-order valence-corrected chi connectivity index (χ4v) is 2.67. The molecular formula is C19H25N. The molecule has 1 unspecified atom stereocenters. The Hall–Kier alpha value is -1.60. The van der Waals surface area contributed by atoms with Crippen molar-refractivity contribution in [2.24, 2.45) is 0 Å².